The summed E-state index contributed by atoms with van der Waals surface area (Å²) >= 11 is 5.94. The van der Waals surface area contributed by atoms with E-state index in [0.29, 0.717) is 22.2 Å². The molecule has 4 aromatic rings. The molecule has 0 aliphatic rings. The zero-order valence-corrected chi connectivity index (χ0v) is 21.2. The molecule has 0 radical (unpaired) electrons. The molecule has 11 heteroatoms. The maximum atomic E-state index is 13.4. The molecule has 36 heavy (non-hydrogen) atoms. The number of hydrogen-bond acceptors (Lipinski definition) is 6. The molecular formula is C25H22ClN3O5S2. The number of hydrogen-bond donors (Lipinski definition) is 1. The van der Waals surface area contributed by atoms with Crippen LogP contribution in [0.3, 0.4) is 0 Å². The summed E-state index contributed by atoms with van der Waals surface area (Å²) < 4.78 is 56.8. The van der Waals surface area contributed by atoms with Crippen molar-refractivity contribution in [3.63, 3.8) is 0 Å². The monoisotopic (exact) mass is 543 g/mol. The molecule has 4 rings (SSSR count). The molecule has 0 amide bonds. The number of aliphatic imine (C=N–C) groups is 1. The Balaban J connectivity index is 1.55. The van der Waals surface area contributed by atoms with Crippen molar-refractivity contribution in [3.8, 4) is 0 Å². The van der Waals surface area contributed by atoms with Gasteiger partial charge in [-0.15, -0.1) is 0 Å². The van der Waals surface area contributed by atoms with E-state index >= 15 is 0 Å². The fourth-order valence-electron chi connectivity index (χ4n) is 3.35. The molecule has 0 atom stereocenters. The molecule has 0 saturated heterocycles. The smallest absolute Gasteiger partial charge is 0.243 e. The van der Waals surface area contributed by atoms with E-state index in [4.69, 9.17) is 21.2 Å². The highest BCUT2D eigenvalue weighted by Gasteiger charge is 2.26. The number of halogens is 1. The second-order valence-corrected chi connectivity index (χ2v) is 11.7. The minimum atomic E-state index is -3.85. The SMILES string of the molecule is NS(=O)(=O)c1ccc(N=Cc2ccc(CN(Cc3ccccc3)S(=O)(=O)c3ccc(Cl)cc3)o2)cc1. The van der Waals surface area contributed by atoms with Gasteiger partial charge in [0.15, 0.2) is 0 Å². The number of sulfonamides is 2. The quantitative estimate of drug-likeness (QED) is 0.306. The third-order valence-corrected chi connectivity index (χ3v) is 8.16. The lowest BCUT2D eigenvalue weighted by atomic mass is 10.2. The molecule has 1 heterocycles. The molecule has 0 fully saturated rings. The first-order valence-electron chi connectivity index (χ1n) is 10.7. The summed E-state index contributed by atoms with van der Waals surface area (Å²) in [4.78, 5) is 4.38. The lowest BCUT2D eigenvalue weighted by Crippen LogP contribution is -2.30. The summed E-state index contributed by atoms with van der Waals surface area (Å²) in [5.41, 5.74) is 1.32. The maximum absolute atomic E-state index is 13.4. The van der Waals surface area contributed by atoms with E-state index in [1.165, 1.54) is 59.1 Å². The topological polar surface area (TPSA) is 123 Å². The normalized spacial score (nSPS) is 12.4. The second-order valence-electron chi connectivity index (χ2n) is 7.81. The first kappa shape index (κ1) is 25.8. The minimum Gasteiger partial charge on any atom is -0.459 e. The van der Waals surface area contributed by atoms with Gasteiger partial charge in [0, 0.05) is 11.6 Å². The Morgan fingerprint density at radius 1 is 0.806 bits per heavy atom. The Bertz CT molecular complexity index is 1570. The number of furan rings is 1. The number of nitrogens with two attached hydrogens (primary N) is 1. The van der Waals surface area contributed by atoms with E-state index in [0.717, 1.165) is 5.56 Å². The van der Waals surface area contributed by atoms with Gasteiger partial charge >= 0.3 is 0 Å². The Morgan fingerprint density at radius 3 is 2.08 bits per heavy atom. The van der Waals surface area contributed by atoms with Gasteiger partial charge in [-0.25, -0.2) is 22.0 Å². The van der Waals surface area contributed by atoms with Crippen LogP contribution in [0.5, 0.6) is 0 Å². The third kappa shape index (κ3) is 6.48. The molecule has 0 spiro atoms. The van der Waals surface area contributed by atoms with Crippen molar-refractivity contribution in [2.45, 2.75) is 22.9 Å². The second kappa shape index (κ2) is 10.8. The van der Waals surface area contributed by atoms with Crippen LogP contribution in [-0.2, 0) is 33.1 Å². The van der Waals surface area contributed by atoms with Gasteiger partial charge in [-0.3, -0.25) is 4.99 Å². The molecule has 0 aliphatic carbocycles. The molecule has 1 aromatic heterocycles. The molecule has 0 aliphatic heterocycles. The van der Waals surface area contributed by atoms with Gasteiger partial charge < -0.3 is 4.42 Å². The summed E-state index contributed by atoms with van der Waals surface area (Å²) in [5, 5.41) is 5.55. The van der Waals surface area contributed by atoms with Crippen LogP contribution in [0, 0.1) is 0 Å². The lowest BCUT2D eigenvalue weighted by molar-refractivity contribution is 0.357. The van der Waals surface area contributed by atoms with Gasteiger partial charge in [0.2, 0.25) is 20.0 Å². The van der Waals surface area contributed by atoms with Crippen LogP contribution in [0.25, 0.3) is 0 Å². The van der Waals surface area contributed by atoms with Crippen LogP contribution in [0.4, 0.5) is 5.69 Å². The largest absolute Gasteiger partial charge is 0.459 e. The molecule has 0 bridgehead atoms. The van der Waals surface area contributed by atoms with Crippen molar-refractivity contribution in [1.29, 1.82) is 0 Å². The maximum Gasteiger partial charge on any atom is 0.243 e. The van der Waals surface area contributed by atoms with Crippen LogP contribution < -0.4 is 5.14 Å². The minimum absolute atomic E-state index is 0.00322. The van der Waals surface area contributed by atoms with Crippen LogP contribution in [0.2, 0.25) is 5.02 Å². The zero-order valence-electron chi connectivity index (χ0n) is 18.9. The summed E-state index contributed by atoms with van der Waals surface area (Å²) in [6.45, 7) is 0.142. The van der Waals surface area contributed by atoms with Gasteiger partial charge in [-0.1, -0.05) is 41.9 Å². The average Bonchev–Trinajstić information content (AvgIpc) is 3.30. The van der Waals surface area contributed by atoms with Crippen molar-refractivity contribution < 1.29 is 21.3 Å². The Hall–Kier alpha value is -3.28. The molecule has 0 saturated carbocycles. The van der Waals surface area contributed by atoms with Crippen molar-refractivity contribution in [3.05, 3.63) is 113 Å². The first-order chi connectivity index (χ1) is 17.1. The molecule has 8 nitrogen and oxygen atoms in total. The predicted octanol–water partition coefficient (Wildman–Crippen LogP) is 4.72. The van der Waals surface area contributed by atoms with Crippen LogP contribution in [0.1, 0.15) is 17.1 Å². The number of rotatable bonds is 9. The number of nitrogens with zero attached hydrogens (tertiary/aromatic N) is 2. The lowest BCUT2D eigenvalue weighted by Gasteiger charge is -2.21. The molecule has 3 aromatic carbocycles. The molecule has 186 valence electrons. The fraction of sp³-hybridized carbons (Fsp3) is 0.0800. The van der Waals surface area contributed by atoms with Crippen molar-refractivity contribution in [2.75, 3.05) is 0 Å². The Morgan fingerprint density at radius 2 is 1.44 bits per heavy atom. The summed E-state index contributed by atoms with van der Waals surface area (Å²) in [6.07, 6.45) is 1.46. The van der Waals surface area contributed by atoms with E-state index < -0.39 is 20.0 Å². The average molecular weight is 544 g/mol. The van der Waals surface area contributed by atoms with Crippen molar-refractivity contribution in [2.24, 2.45) is 10.1 Å². The van der Waals surface area contributed by atoms with Gasteiger partial charge in [-0.05, 0) is 66.2 Å². The van der Waals surface area contributed by atoms with Crippen molar-refractivity contribution >= 4 is 43.5 Å². The van der Waals surface area contributed by atoms with Gasteiger partial charge in [-0.2, -0.15) is 4.31 Å². The Kier molecular flexibility index (Phi) is 7.72. The summed E-state index contributed by atoms with van der Waals surface area (Å²) in [6, 6.07) is 24.4. The highest BCUT2D eigenvalue weighted by Crippen LogP contribution is 2.24. The first-order valence-corrected chi connectivity index (χ1v) is 14.0. The van der Waals surface area contributed by atoms with E-state index in [2.05, 4.69) is 4.99 Å². The molecule has 0 unspecified atom stereocenters. The molecule has 2 N–H and O–H groups in total. The van der Waals surface area contributed by atoms with Gasteiger partial charge in [0.1, 0.15) is 11.5 Å². The standard InChI is InChI=1S/C25H22ClN3O5S2/c26-20-6-12-25(13-7-20)36(32,33)29(17-19-4-2-1-3-5-19)18-23-11-10-22(34-23)16-28-21-8-14-24(15-9-21)35(27,30)31/h1-16H,17-18H2,(H2,27,30,31). The van der Waals surface area contributed by atoms with E-state index in [1.807, 2.05) is 30.3 Å². The highest BCUT2D eigenvalue weighted by molar-refractivity contribution is 7.89. The zero-order chi connectivity index (χ0) is 25.8. The van der Waals surface area contributed by atoms with Crippen molar-refractivity contribution in [1.82, 2.24) is 4.31 Å². The Labute approximate surface area is 214 Å². The number of benzene rings is 3. The number of primary sulfonamides is 1. The summed E-state index contributed by atoms with van der Waals surface area (Å²) in [7, 11) is -7.64. The van der Waals surface area contributed by atoms with E-state index in [-0.39, 0.29) is 22.9 Å². The van der Waals surface area contributed by atoms with E-state index in [1.54, 1.807) is 12.1 Å². The fourth-order valence-corrected chi connectivity index (χ4v) is 5.39. The summed E-state index contributed by atoms with van der Waals surface area (Å²) in [5.74, 6) is 0.832. The van der Waals surface area contributed by atoms with Gasteiger partial charge in [0.25, 0.3) is 0 Å². The highest BCUT2D eigenvalue weighted by atomic mass is 35.5. The van der Waals surface area contributed by atoms with Crippen LogP contribution >= 0.6 is 11.6 Å². The van der Waals surface area contributed by atoms with E-state index in [9.17, 15) is 16.8 Å². The predicted molar refractivity (Wildman–Crippen MR) is 138 cm³/mol. The molecular weight excluding hydrogens is 522 g/mol. The van der Waals surface area contributed by atoms with Crippen LogP contribution in [-0.4, -0.2) is 27.4 Å². The van der Waals surface area contributed by atoms with Gasteiger partial charge in [0.05, 0.1) is 28.2 Å². The van der Waals surface area contributed by atoms with Crippen LogP contribution in [0.15, 0.2) is 110 Å². The third-order valence-electron chi connectivity index (χ3n) is 5.17.